The zero-order valence-electron chi connectivity index (χ0n) is 21.1. The number of aliphatic hydroxyl groups is 1. The summed E-state index contributed by atoms with van der Waals surface area (Å²) in [7, 11) is 0. The van der Waals surface area contributed by atoms with Crippen LogP contribution in [0.4, 0.5) is 0 Å². The van der Waals surface area contributed by atoms with Crippen molar-refractivity contribution in [3.8, 4) is 5.69 Å². The van der Waals surface area contributed by atoms with Crippen LogP contribution in [-0.2, 0) is 16.1 Å². The van der Waals surface area contributed by atoms with Gasteiger partial charge in [0.2, 0.25) is 11.8 Å². The van der Waals surface area contributed by atoms with Crippen LogP contribution >= 0.6 is 11.6 Å². The van der Waals surface area contributed by atoms with E-state index in [0.717, 1.165) is 18.5 Å². The van der Waals surface area contributed by atoms with Gasteiger partial charge in [-0.3, -0.25) is 9.59 Å². The lowest BCUT2D eigenvalue weighted by atomic mass is 9.85. The van der Waals surface area contributed by atoms with Crippen LogP contribution in [0.3, 0.4) is 0 Å². The lowest BCUT2D eigenvalue weighted by Gasteiger charge is -2.34. The number of hydrogen-bond donors (Lipinski definition) is 2. The van der Waals surface area contributed by atoms with Gasteiger partial charge < -0.3 is 15.3 Å². The van der Waals surface area contributed by atoms with Crippen LogP contribution in [0.2, 0.25) is 5.02 Å². The maximum atomic E-state index is 13.8. The number of nitrogens with zero attached hydrogens (tertiary/aromatic N) is 7. The number of aliphatic hydroxyl groups excluding tert-OH is 1. The minimum absolute atomic E-state index is 0.0797. The molecule has 1 aromatic carbocycles. The van der Waals surface area contributed by atoms with Gasteiger partial charge in [0.15, 0.2) is 0 Å². The third-order valence-electron chi connectivity index (χ3n) is 6.79. The average Bonchev–Trinajstić information content (AvgIpc) is 3.22. The Morgan fingerprint density at radius 2 is 1.92 bits per heavy atom. The molecule has 11 nitrogen and oxygen atoms in total. The van der Waals surface area contributed by atoms with Gasteiger partial charge in [-0.1, -0.05) is 54.9 Å². The molecule has 1 saturated heterocycles. The topological polar surface area (TPSA) is 131 Å². The smallest absolute Gasteiger partial charge is 0.248 e. The Labute approximate surface area is 219 Å². The Kier molecular flexibility index (Phi) is 6.76. The minimum atomic E-state index is -0.808. The summed E-state index contributed by atoms with van der Waals surface area (Å²) in [6.07, 6.45) is 5.06. The van der Waals surface area contributed by atoms with Crippen molar-refractivity contribution in [1.82, 2.24) is 40.2 Å². The van der Waals surface area contributed by atoms with Crippen LogP contribution in [0.25, 0.3) is 5.69 Å². The van der Waals surface area contributed by atoms with Crippen molar-refractivity contribution in [2.75, 3.05) is 6.54 Å². The van der Waals surface area contributed by atoms with Crippen molar-refractivity contribution in [1.29, 1.82) is 0 Å². The van der Waals surface area contributed by atoms with Gasteiger partial charge in [0.25, 0.3) is 0 Å². The Morgan fingerprint density at radius 3 is 2.62 bits per heavy atom. The van der Waals surface area contributed by atoms with Crippen LogP contribution in [0.1, 0.15) is 63.4 Å². The lowest BCUT2D eigenvalue weighted by Crippen LogP contribution is -2.50. The van der Waals surface area contributed by atoms with Gasteiger partial charge in [0, 0.05) is 25.1 Å². The fraction of sp³-hybridized carbons (Fsp3) is 0.520. The fourth-order valence-electron chi connectivity index (χ4n) is 4.76. The zero-order chi connectivity index (χ0) is 26.3. The number of halogens is 1. The normalized spacial score (nSPS) is 20.7. The Morgan fingerprint density at radius 1 is 1.16 bits per heavy atom. The first-order chi connectivity index (χ1) is 17.6. The molecule has 3 heterocycles. The number of rotatable bonds is 7. The molecule has 2 amide bonds. The highest BCUT2D eigenvalue weighted by atomic mass is 35.5. The number of benzene rings is 1. The third kappa shape index (κ3) is 5.37. The second kappa shape index (κ2) is 9.86. The maximum absolute atomic E-state index is 13.8. The fourth-order valence-corrected chi connectivity index (χ4v) is 4.98. The lowest BCUT2D eigenvalue weighted by molar-refractivity contribution is -0.144. The van der Waals surface area contributed by atoms with Crippen LogP contribution in [0.5, 0.6) is 0 Å². The number of hydrogen-bond acceptors (Lipinski definition) is 7. The second-order valence-corrected chi connectivity index (χ2v) is 11.3. The SMILES string of the molecule is CC(C)(C)[C@@H](C(=O)N1CC(O)CC1C(=O)NCc1cn(-c2ccccc2Cl)nn1)n1cc(C2CC2)nn1. The van der Waals surface area contributed by atoms with Crippen LogP contribution in [0, 0.1) is 5.41 Å². The summed E-state index contributed by atoms with van der Waals surface area (Å²) in [6.45, 7) is 6.07. The predicted molar refractivity (Wildman–Crippen MR) is 135 cm³/mol. The van der Waals surface area contributed by atoms with Gasteiger partial charge in [0.05, 0.1) is 35.2 Å². The van der Waals surface area contributed by atoms with Crippen molar-refractivity contribution in [3.63, 3.8) is 0 Å². The summed E-state index contributed by atoms with van der Waals surface area (Å²) in [5.74, 6) is -0.212. The van der Waals surface area contributed by atoms with E-state index in [1.165, 1.54) is 4.90 Å². The number of aromatic nitrogens is 6. The molecule has 1 saturated carbocycles. The number of carbonyl (C=O) groups is 2. The highest BCUT2D eigenvalue weighted by molar-refractivity contribution is 6.32. The van der Waals surface area contributed by atoms with Gasteiger partial charge in [-0.25, -0.2) is 9.36 Å². The number of carbonyl (C=O) groups excluding carboxylic acids is 2. The Balaban J connectivity index is 1.29. The molecular formula is C25H31ClN8O3. The van der Waals surface area contributed by atoms with Gasteiger partial charge in [-0.05, 0) is 30.4 Å². The quantitative estimate of drug-likeness (QED) is 0.482. The molecule has 2 fully saturated rings. The monoisotopic (exact) mass is 526 g/mol. The molecule has 37 heavy (non-hydrogen) atoms. The largest absolute Gasteiger partial charge is 0.391 e. The molecule has 2 N–H and O–H groups in total. The Bertz CT molecular complexity index is 1290. The van der Waals surface area contributed by atoms with E-state index in [0.29, 0.717) is 22.3 Å². The van der Waals surface area contributed by atoms with Gasteiger partial charge in [0.1, 0.15) is 17.8 Å². The van der Waals surface area contributed by atoms with E-state index in [1.54, 1.807) is 21.6 Å². The van der Waals surface area contributed by atoms with Gasteiger partial charge in [-0.2, -0.15) is 0 Å². The van der Waals surface area contributed by atoms with Crippen LogP contribution in [-0.4, -0.2) is 70.5 Å². The molecule has 3 aromatic rings. The molecule has 0 bridgehead atoms. The summed E-state index contributed by atoms with van der Waals surface area (Å²) in [5.41, 5.74) is 1.61. The van der Waals surface area contributed by atoms with E-state index < -0.39 is 23.6 Å². The highest BCUT2D eigenvalue weighted by Gasteiger charge is 2.45. The van der Waals surface area contributed by atoms with Crippen molar-refractivity contribution in [2.24, 2.45) is 5.41 Å². The van der Waals surface area contributed by atoms with E-state index >= 15 is 0 Å². The maximum Gasteiger partial charge on any atom is 0.248 e. The van der Waals surface area contributed by atoms with Crippen molar-refractivity contribution in [3.05, 3.63) is 53.1 Å². The number of likely N-dealkylation sites (tertiary alicyclic amines) is 1. The third-order valence-corrected chi connectivity index (χ3v) is 7.11. The van der Waals surface area contributed by atoms with Crippen molar-refractivity contribution < 1.29 is 14.7 Å². The summed E-state index contributed by atoms with van der Waals surface area (Å²) in [5, 5.41) is 30.5. The molecule has 3 atom stereocenters. The molecule has 12 heteroatoms. The predicted octanol–water partition coefficient (Wildman–Crippen LogP) is 2.25. The van der Waals surface area contributed by atoms with Crippen molar-refractivity contribution in [2.45, 2.75) is 70.7 Å². The first-order valence-corrected chi connectivity index (χ1v) is 12.8. The number of β-amino-alcohol motifs (C(OH)–C–C–N with tert-alkyl or cyclic N) is 1. The highest BCUT2D eigenvalue weighted by Crippen LogP contribution is 2.40. The Hall–Kier alpha value is -3.31. The molecule has 2 aliphatic rings. The number of para-hydroxylation sites is 1. The molecule has 0 spiro atoms. The minimum Gasteiger partial charge on any atom is -0.391 e. The average molecular weight is 527 g/mol. The summed E-state index contributed by atoms with van der Waals surface area (Å²) >= 11 is 6.23. The standard InChI is InChI=1S/C25H31ClN8O3/c1-25(2,3)22(34-14-19(29-31-34)15-8-9-15)24(37)32-13-17(35)10-21(32)23(36)27-11-16-12-33(30-28-16)20-7-5-4-6-18(20)26/h4-7,12,14-15,17,21-22,35H,8-11,13H2,1-3H3,(H,27,36)/t17?,21?,22-/m1/s1. The summed E-state index contributed by atoms with van der Waals surface area (Å²) < 4.78 is 3.16. The molecule has 2 aromatic heterocycles. The molecule has 1 aliphatic heterocycles. The van der Waals surface area contributed by atoms with Gasteiger partial charge >= 0.3 is 0 Å². The van der Waals surface area contributed by atoms with E-state index in [1.807, 2.05) is 45.2 Å². The van der Waals surface area contributed by atoms with Crippen LogP contribution < -0.4 is 5.32 Å². The molecule has 1 aliphatic carbocycles. The summed E-state index contributed by atoms with van der Waals surface area (Å²) in [4.78, 5) is 28.5. The molecular weight excluding hydrogens is 496 g/mol. The molecule has 2 unspecified atom stereocenters. The number of amides is 2. The van der Waals surface area contributed by atoms with Crippen molar-refractivity contribution >= 4 is 23.4 Å². The molecule has 196 valence electrons. The molecule has 0 radical (unpaired) electrons. The van der Waals surface area contributed by atoms with E-state index in [-0.39, 0.29) is 31.3 Å². The van der Waals surface area contributed by atoms with Gasteiger partial charge in [-0.15, -0.1) is 10.2 Å². The first-order valence-electron chi connectivity index (χ1n) is 12.5. The first kappa shape index (κ1) is 25.3. The molecule has 5 rings (SSSR count). The van der Waals surface area contributed by atoms with Crippen LogP contribution in [0.15, 0.2) is 36.7 Å². The zero-order valence-corrected chi connectivity index (χ0v) is 21.8. The van der Waals surface area contributed by atoms with E-state index in [9.17, 15) is 14.7 Å². The van der Waals surface area contributed by atoms with E-state index in [2.05, 4.69) is 25.9 Å². The van der Waals surface area contributed by atoms with E-state index in [4.69, 9.17) is 11.6 Å². The number of nitrogens with one attached hydrogen (secondary N) is 1. The summed E-state index contributed by atoms with van der Waals surface area (Å²) in [6, 6.07) is 5.77. The second-order valence-electron chi connectivity index (χ2n) is 10.9.